The average molecular weight is 253 g/mol. The first kappa shape index (κ1) is 12.4. The van der Waals surface area contributed by atoms with Crippen molar-refractivity contribution in [2.75, 3.05) is 6.54 Å². The van der Waals surface area contributed by atoms with Crippen LogP contribution in [0.3, 0.4) is 0 Å². The van der Waals surface area contributed by atoms with Gasteiger partial charge in [0.1, 0.15) is 0 Å². The summed E-state index contributed by atoms with van der Waals surface area (Å²) < 4.78 is 0. The Morgan fingerprint density at radius 3 is 2.63 bits per heavy atom. The maximum Gasteiger partial charge on any atom is 0.177 e. The molecule has 0 heterocycles. The van der Waals surface area contributed by atoms with Gasteiger partial charge in [0.15, 0.2) is 5.78 Å². The van der Waals surface area contributed by atoms with E-state index in [9.17, 15) is 4.79 Å². The Balaban J connectivity index is 1.77. The molecule has 19 heavy (non-hydrogen) atoms. The molecule has 3 rings (SSSR count). The van der Waals surface area contributed by atoms with Gasteiger partial charge in [-0.15, -0.1) is 0 Å². The molecule has 1 N–H and O–H groups in total. The van der Waals surface area contributed by atoms with E-state index in [2.05, 4.69) is 17.4 Å². The number of nitrogens with one attached hydrogen (secondary N) is 1. The normalized spacial score (nSPS) is 16.0. The van der Waals surface area contributed by atoms with E-state index in [1.54, 1.807) is 0 Å². The molecule has 1 aliphatic rings. The Kier molecular flexibility index (Phi) is 3.60. The number of rotatable bonds is 4. The SMILES string of the molecule is O=C(CNC1CCCC1)c1cccc2ccccc12. The summed E-state index contributed by atoms with van der Waals surface area (Å²) in [5, 5.41) is 5.59. The summed E-state index contributed by atoms with van der Waals surface area (Å²) in [6.45, 7) is 0.457. The molecule has 0 spiro atoms. The minimum Gasteiger partial charge on any atom is -0.307 e. The van der Waals surface area contributed by atoms with Crippen LogP contribution in [-0.4, -0.2) is 18.4 Å². The standard InChI is InChI=1S/C17H19NO/c19-17(12-18-14-8-2-3-9-14)16-11-5-7-13-6-1-4-10-15(13)16/h1,4-7,10-11,14,18H,2-3,8-9,12H2. The molecule has 1 fully saturated rings. The van der Waals surface area contributed by atoms with Gasteiger partial charge in [-0.1, -0.05) is 55.3 Å². The van der Waals surface area contributed by atoms with Gasteiger partial charge in [-0.3, -0.25) is 4.79 Å². The predicted octanol–water partition coefficient (Wildman–Crippen LogP) is 3.55. The summed E-state index contributed by atoms with van der Waals surface area (Å²) in [7, 11) is 0. The van der Waals surface area contributed by atoms with Gasteiger partial charge in [-0.05, 0) is 23.6 Å². The van der Waals surface area contributed by atoms with Crippen molar-refractivity contribution in [1.29, 1.82) is 0 Å². The van der Waals surface area contributed by atoms with E-state index in [0.717, 1.165) is 16.3 Å². The van der Waals surface area contributed by atoms with Crippen molar-refractivity contribution in [2.24, 2.45) is 0 Å². The van der Waals surface area contributed by atoms with Gasteiger partial charge in [0.2, 0.25) is 0 Å². The first-order valence-electron chi connectivity index (χ1n) is 7.09. The van der Waals surface area contributed by atoms with Crippen molar-refractivity contribution >= 4 is 16.6 Å². The summed E-state index contributed by atoms with van der Waals surface area (Å²) in [6.07, 6.45) is 5.01. The zero-order valence-electron chi connectivity index (χ0n) is 11.1. The Hall–Kier alpha value is -1.67. The van der Waals surface area contributed by atoms with Crippen molar-refractivity contribution in [2.45, 2.75) is 31.7 Å². The van der Waals surface area contributed by atoms with Crippen LogP contribution in [0.2, 0.25) is 0 Å². The van der Waals surface area contributed by atoms with Gasteiger partial charge in [0.25, 0.3) is 0 Å². The molecular formula is C17H19NO. The molecule has 98 valence electrons. The van der Waals surface area contributed by atoms with E-state index in [4.69, 9.17) is 0 Å². The molecule has 1 saturated carbocycles. The third kappa shape index (κ3) is 2.69. The quantitative estimate of drug-likeness (QED) is 0.844. The number of ketones is 1. The van der Waals surface area contributed by atoms with Crippen LogP contribution in [0.1, 0.15) is 36.0 Å². The van der Waals surface area contributed by atoms with E-state index in [-0.39, 0.29) is 5.78 Å². The van der Waals surface area contributed by atoms with Crippen molar-refractivity contribution < 1.29 is 4.79 Å². The molecule has 2 heteroatoms. The lowest BCUT2D eigenvalue weighted by molar-refractivity contribution is 0.0989. The van der Waals surface area contributed by atoms with E-state index < -0.39 is 0 Å². The average Bonchev–Trinajstić information content (AvgIpc) is 2.97. The highest BCUT2D eigenvalue weighted by molar-refractivity contribution is 6.09. The summed E-state index contributed by atoms with van der Waals surface area (Å²) in [5.74, 6) is 0.198. The topological polar surface area (TPSA) is 29.1 Å². The van der Waals surface area contributed by atoms with E-state index in [1.807, 2.05) is 30.3 Å². The fourth-order valence-electron chi connectivity index (χ4n) is 2.93. The maximum atomic E-state index is 12.4. The highest BCUT2D eigenvalue weighted by Crippen LogP contribution is 2.20. The van der Waals surface area contributed by atoms with Gasteiger partial charge in [-0.2, -0.15) is 0 Å². The first-order chi connectivity index (χ1) is 9.34. The first-order valence-corrected chi connectivity index (χ1v) is 7.09. The Bertz CT molecular complexity index is 579. The molecule has 0 amide bonds. The lowest BCUT2D eigenvalue weighted by atomic mass is 10.0. The second-order valence-corrected chi connectivity index (χ2v) is 5.31. The number of carbonyl (C=O) groups excluding carboxylic acids is 1. The molecule has 2 aromatic carbocycles. The van der Waals surface area contributed by atoms with Crippen LogP contribution in [-0.2, 0) is 0 Å². The van der Waals surface area contributed by atoms with Crippen molar-refractivity contribution in [1.82, 2.24) is 5.32 Å². The molecule has 0 radical (unpaired) electrons. The van der Waals surface area contributed by atoms with Gasteiger partial charge in [0.05, 0.1) is 6.54 Å². The van der Waals surface area contributed by atoms with Gasteiger partial charge in [-0.25, -0.2) is 0 Å². The second kappa shape index (κ2) is 5.54. The van der Waals surface area contributed by atoms with Crippen molar-refractivity contribution in [3.8, 4) is 0 Å². The molecule has 0 aliphatic heterocycles. The maximum absolute atomic E-state index is 12.4. The van der Waals surface area contributed by atoms with Crippen molar-refractivity contribution in [3.05, 3.63) is 48.0 Å². The molecule has 2 aromatic rings. The van der Waals surface area contributed by atoms with E-state index in [1.165, 1.54) is 25.7 Å². The fraction of sp³-hybridized carbons (Fsp3) is 0.353. The lowest BCUT2D eigenvalue weighted by Crippen LogP contribution is -2.31. The van der Waals surface area contributed by atoms with Gasteiger partial charge < -0.3 is 5.32 Å². The van der Waals surface area contributed by atoms with Crippen LogP contribution >= 0.6 is 0 Å². The largest absolute Gasteiger partial charge is 0.307 e. The molecule has 0 aromatic heterocycles. The smallest absolute Gasteiger partial charge is 0.177 e. The highest BCUT2D eigenvalue weighted by atomic mass is 16.1. The molecular weight excluding hydrogens is 234 g/mol. The number of hydrogen-bond acceptors (Lipinski definition) is 2. The van der Waals surface area contributed by atoms with Crippen LogP contribution in [0.5, 0.6) is 0 Å². The lowest BCUT2D eigenvalue weighted by Gasteiger charge is -2.11. The third-order valence-corrected chi connectivity index (χ3v) is 4.00. The van der Waals surface area contributed by atoms with Crippen LogP contribution in [0.4, 0.5) is 0 Å². The van der Waals surface area contributed by atoms with Crippen LogP contribution in [0, 0.1) is 0 Å². The number of benzene rings is 2. The molecule has 2 nitrogen and oxygen atoms in total. The van der Waals surface area contributed by atoms with Crippen molar-refractivity contribution in [3.63, 3.8) is 0 Å². The molecule has 1 aliphatic carbocycles. The summed E-state index contributed by atoms with van der Waals surface area (Å²) in [4.78, 5) is 12.4. The number of carbonyl (C=O) groups is 1. The van der Waals surface area contributed by atoms with Crippen LogP contribution in [0.25, 0.3) is 10.8 Å². The minimum atomic E-state index is 0.198. The Morgan fingerprint density at radius 2 is 1.79 bits per heavy atom. The van der Waals surface area contributed by atoms with Gasteiger partial charge in [0, 0.05) is 11.6 Å². The summed E-state index contributed by atoms with van der Waals surface area (Å²) in [6, 6.07) is 14.6. The Labute approximate surface area is 113 Å². The van der Waals surface area contributed by atoms with Gasteiger partial charge >= 0.3 is 0 Å². The number of Topliss-reactive ketones (excluding diaryl/α,β-unsaturated/α-hetero) is 1. The predicted molar refractivity (Wildman–Crippen MR) is 78.5 cm³/mol. The molecule has 0 saturated heterocycles. The molecule has 0 bridgehead atoms. The second-order valence-electron chi connectivity index (χ2n) is 5.31. The third-order valence-electron chi connectivity index (χ3n) is 4.00. The minimum absolute atomic E-state index is 0.198. The zero-order chi connectivity index (χ0) is 13.1. The summed E-state index contributed by atoms with van der Waals surface area (Å²) in [5.41, 5.74) is 0.837. The van der Waals surface area contributed by atoms with E-state index >= 15 is 0 Å². The van der Waals surface area contributed by atoms with E-state index in [0.29, 0.717) is 12.6 Å². The zero-order valence-corrected chi connectivity index (χ0v) is 11.1. The number of fused-ring (bicyclic) bond motifs is 1. The molecule has 0 unspecified atom stereocenters. The summed E-state index contributed by atoms with van der Waals surface area (Å²) >= 11 is 0. The fourth-order valence-corrected chi connectivity index (χ4v) is 2.93. The molecule has 0 atom stereocenters. The monoisotopic (exact) mass is 253 g/mol. The Morgan fingerprint density at radius 1 is 1.05 bits per heavy atom. The number of hydrogen-bond donors (Lipinski definition) is 1. The van der Waals surface area contributed by atoms with Crippen LogP contribution < -0.4 is 5.32 Å². The highest BCUT2D eigenvalue weighted by Gasteiger charge is 2.16. The van der Waals surface area contributed by atoms with Crippen LogP contribution in [0.15, 0.2) is 42.5 Å².